The first-order chi connectivity index (χ1) is 9.08. The normalized spacial score (nSPS) is 12.3. The lowest BCUT2D eigenvalue weighted by molar-refractivity contribution is 0.104. The summed E-state index contributed by atoms with van der Waals surface area (Å²) in [6, 6.07) is 5.42. The number of urea groups is 1. The molecule has 1 atom stereocenters. The van der Waals surface area contributed by atoms with Crippen LogP contribution in [0.5, 0.6) is 0 Å². The Bertz CT molecular complexity index is 408. The number of carbonyl (C=O) groups is 1. The summed E-state index contributed by atoms with van der Waals surface area (Å²) in [7, 11) is 0. The molecule has 0 saturated carbocycles. The van der Waals surface area contributed by atoms with E-state index in [9.17, 15) is 14.3 Å². The SMILES string of the molecule is CCC(CC)C(O)CNC(=O)Nc1ccccc1F. The van der Waals surface area contributed by atoms with E-state index >= 15 is 0 Å². The topological polar surface area (TPSA) is 61.4 Å². The fraction of sp³-hybridized carbons (Fsp3) is 0.500. The zero-order valence-corrected chi connectivity index (χ0v) is 11.3. The number of hydrogen-bond donors (Lipinski definition) is 3. The van der Waals surface area contributed by atoms with Gasteiger partial charge in [-0.2, -0.15) is 0 Å². The van der Waals surface area contributed by atoms with E-state index in [4.69, 9.17) is 0 Å². The number of aliphatic hydroxyl groups is 1. The van der Waals surface area contributed by atoms with Gasteiger partial charge in [0.25, 0.3) is 0 Å². The van der Waals surface area contributed by atoms with Crippen LogP contribution in [0.4, 0.5) is 14.9 Å². The van der Waals surface area contributed by atoms with Crippen molar-refractivity contribution in [2.75, 3.05) is 11.9 Å². The van der Waals surface area contributed by atoms with Crippen molar-refractivity contribution in [2.24, 2.45) is 5.92 Å². The van der Waals surface area contributed by atoms with E-state index in [0.717, 1.165) is 12.8 Å². The second-order valence-corrected chi connectivity index (χ2v) is 4.46. The number of aliphatic hydroxyl groups excluding tert-OH is 1. The van der Waals surface area contributed by atoms with Gasteiger partial charge in [0.2, 0.25) is 0 Å². The van der Waals surface area contributed by atoms with Crippen molar-refractivity contribution in [3.05, 3.63) is 30.1 Å². The van der Waals surface area contributed by atoms with Crippen molar-refractivity contribution in [2.45, 2.75) is 32.8 Å². The summed E-state index contributed by atoms with van der Waals surface area (Å²) in [5, 5.41) is 14.8. The molecule has 1 aromatic carbocycles. The van der Waals surface area contributed by atoms with Crippen LogP contribution in [0.1, 0.15) is 26.7 Å². The third-order valence-corrected chi connectivity index (χ3v) is 3.19. The Labute approximate surface area is 113 Å². The zero-order valence-electron chi connectivity index (χ0n) is 11.3. The standard InChI is InChI=1S/C14H21FN2O2/c1-3-10(4-2)13(18)9-16-14(19)17-12-8-6-5-7-11(12)15/h5-8,10,13,18H,3-4,9H2,1-2H3,(H2,16,17,19). The fourth-order valence-electron chi connectivity index (χ4n) is 1.93. The van der Waals surface area contributed by atoms with Crippen LogP contribution in [0.15, 0.2) is 24.3 Å². The maximum Gasteiger partial charge on any atom is 0.319 e. The van der Waals surface area contributed by atoms with Crippen LogP contribution in [-0.4, -0.2) is 23.8 Å². The number of hydrogen-bond acceptors (Lipinski definition) is 2. The van der Waals surface area contributed by atoms with Gasteiger partial charge < -0.3 is 15.7 Å². The van der Waals surface area contributed by atoms with Crippen LogP contribution in [0.25, 0.3) is 0 Å². The van der Waals surface area contributed by atoms with E-state index in [1.165, 1.54) is 12.1 Å². The molecule has 0 aliphatic carbocycles. The summed E-state index contributed by atoms with van der Waals surface area (Å²) in [6.45, 7) is 4.15. The summed E-state index contributed by atoms with van der Waals surface area (Å²) in [6.07, 6.45) is 1.13. The molecular formula is C14H21FN2O2. The molecule has 0 bridgehead atoms. The van der Waals surface area contributed by atoms with E-state index in [0.29, 0.717) is 0 Å². The maximum atomic E-state index is 13.3. The molecule has 106 valence electrons. The lowest BCUT2D eigenvalue weighted by Gasteiger charge is -2.20. The molecule has 0 fully saturated rings. The Kier molecular flexibility index (Phi) is 6.29. The molecule has 0 aliphatic heterocycles. The molecule has 0 saturated heterocycles. The fourth-order valence-corrected chi connectivity index (χ4v) is 1.93. The zero-order chi connectivity index (χ0) is 14.3. The van der Waals surface area contributed by atoms with Crippen molar-refractivity contribution >= 4 is 11.7 Å². The molecule has 2 amide bonds. The summed E-state index contributed by atoms with van der Waals surface area (Å²) >= 11 is 0. The van der Waals surface area contributed by atoms with Gasteiger partial charge in [0.05, 0.1) is 11.8 Å². The van der Waals surface area contributed by atoms with Crippen LogP contribution < -0.4 is 10.6 Å². The molecular weight excluding hydrogens is 247 g/mol. The van der Waals surface area contributed by atoms with Crippen molar-refractivity contribution in [3.8, 4) is 0 Å². The van der Waals surface area contributed by atoms with Crippen LogP contribution in [-0.2, 0) is 0 Å². The summed E-state index contributed by atoms with van der Waals surface area (Å²) in [4.78, 5) is 11.6. The van der Waals surface area contributed by atoms with Crippen LogP contribution >= 0.6 is 0 Å². The number of carbonyl (C=O) groups excluding carboxylic acids is 1. The number of rotatable bonds is 6. The summed E-state index contributed by atoms with van der Waals surface area (Å²) in [5.41, 5.74) is 0.122. The van der Waals surface area contributed by atoms with Crippen molar-refractivity contribution in [1.82, 2.24) is 5.32 Å². The van der Waals surface area contributed by atoms with E-state index in [2.05, 4.69) is 10.6 Å². The highest BCUT2D eigenvalue weighted by Gasteiger charge is 2.16. The van der Waals surface area contributed by atoms with Crippen molar-refractivity contribution in [1.29, 1.82) is 0 Å². The van der Waals surface area contributed by atoms with Gasteiger partial charge in [-0.1, -0.05) is 38.8 Å². The molecule has 19 heavy (non-hydrogen) atoms. The Morgan fingerprint density at radius 1 is 1.32 bits per heavy atom. The molecule has 1 unspecified atom stereocenters. The highest BCUT2D eigenvalue weighted by atomic mass is 19.1. The predicted molar refractivity (Wildman–Crippen MR) is 73.5 cm³/mol. The number of benzene rings is 1. The van der Waals surface area contributed by atoms with E-state index < -0.39 is 18.0 Å². The summed E-state index contributed by atoms with van der Waals surface area (Å²) in [5.74, 6) is -0.327. The minimum Gasteiger partial charge on any atom is -0.391 e. The van der Waals surface area contributed by atoms with Gasteiger partial charge in [-0.25, -0.2) is 9.18 Å². The average molecular weight is 268 g/mol. The van der Waals surface area contributed by atoms with E-state index in [1.54, 1.807) is 12.1 Å². The van der Waals surface area contributed by atoms with Crippen LogP contribution in [0.2, 0.25) is 0 Å². The first kappa shape index (κ1) is 15.4. The number of nitrogens with one attached hydrogen (secondary N) is 2. The van der Waals surface area contributed by atoms with Gasteiger partial charge in [0, 0.05) is 6.54 Å². The Morgan fingerprint density at radius 2 is 1.95 bits per heavy atom. The molecule has 0 aromatic heterocycles. The predicted octanol–water partition coefficient (Wildman–Crippen LogP) is 2.74. The Hall–Kier alpha value is -1.62. The van der Waals surface area contributed by atoms with Gasteiger partial charge in [0.1, 0.15) is 5.82 Å². The number of anilines is 1. The first-order valence-corrected chi connectivity index (χ1v) is 6.55. The highest BCUT2D eigenvalue weighted by Crippen LogP contribution is 2.13. The number of amides is 2. The largest absolute Gasteiger partial charge is 0.391 e. The highest BCUT2D eigenvalue weighted by molar-refractivity contribution is 5.89. The molecule has 1 aromatic rings. The maximum absolute atomic E-state index is 13.3. The lowest BCUT2D eigenvalue weighted by atomic mass is 9.97. The molecule has 4 nitrogen and oxygen atoms in total. The van der Waals surface area contributed by atoms with Gasteiger partial charge in [-0.3, -0.25) is 0 Å². The van der Waals surface area contributed by atoms with E-state index in [-0.39, 0.29) is 18.2 Å². The van der Waals surface area contributed by atoms with Crippen LogP contribution in [0.3, 0.4) is 0 Å². The third-order valence-electron chi connectivity index (χ3n) is 3.19. The Morgan fingerprint density at radius 3 is 2.53 bits per heavy atom. The molecule has 0 spiro atoms. The lowest BCUT2D eigenvalue weighted by Crippen LogP contribution is -2.38. The Balaban J connectivity index is 2.42. The molecule has 0 aliphatic rings. The van der Waals surface area contributed by atoms with Gasteiger partial charge in [-0.05, 0) is 18.1 Å². The number of para-hydroxylation sites is 1. The van der Waals surface area contributed by atoms with Gasteiger partial charge in [-0.15, -0.1) is 0 Å². The average Bonchev–Trinajstić information content (AvgIpc) is 2.40. The number of halogens is 1. The van der Waals surface area contributed by atoms with Crippen molar-refractivity contribution < 1.29 is 14.3 Å². The van der Waals surface area contributed by atoms with Gasteiger partial charge in [0.15, 0.2) is 0 Å². The minimum absolute atomic E-state index is 0.122. The van der Waals surface area contributed by atoms with Crippen LogP contribution in [0, 0.1) is 11.7 Å². The second-order valence-electron chi connectivity index (χ2n) is 4.46. The molecule has 0 radical (unpaired) electrons. The van der Waals surface area contributed by atoms with Crippen molar-refractivity contribution in [3.63, 3.8) is 0 Å². The monoisotopic (exact) mass is 268 g/mol. The first-order valence-electron chi connectivity index (χ1n) is 6.55. The molecule has 1 rings (SSSR count). The third kappa shape index (κ3) is 4.87. The van der Waals surface area contributed by atoms with Gasteiger partial charge >= 0.3 is 6.03 Å². The molecule has 3 N–H and O–H groups in total. The smallest absolute Gasteiger partial charge is 0.319 e. The second kappa shape index (κ2) is 7.74. The quantitative estimate of drug-likeness (QED) is 0.743. The molecule has 5 heteroatoms. The van der Waals surface area contributed by atoms with E-state index in [1.807, 2.05) is 13.8 Å². The molecule has 0 heterocycles. The summed E-state index contributed by atoms with van der Waals surface area (Å²) < 4.78 is 13.3. The minimum atomic E-state index is -0.582.